The molecule has 1 aromatic rings. The van der Waals surface area contributed by atoms with Crippen LogP contribution < -0.4 is 4.74 Å². The average Bonchev–Trinajstić information content (AvgIpc) is 2.28. The quantitative estimate of drug-likeness (QED) is 0.479. The minimum atomic E-state index is -0.815. The van der Waals surface area contributed by atoms with E-state index in [0.717, 1.165) is 5.57 Å². The van der Waals surface area contributed by atoms with Crippen LogP contribution in [0, 0.1) is 10.1 Å². The average molecular weight is 251 g/mol. The molecule has 1 rings (SSSR count). The lowest BCUT2D eigenvalue weighted by Gasteiger charge is -2.13. The first-order chi connectivity index (χ1) is 8.41. The monoisotopic (exact) mass is 251 g/mol. The number of hydrogen-bond donors (Lipinski definition) is 1. The predicted molar refractivity (Wildman–Crippen MR) is 68.7 cm³/mol. The molecule has 0 aromatic heterocycles. The molecule has 1 atom stereocenters. The van der Waals surface area contributed by atoms with Crippen LogP contribution in [-0.4, -0.2) is 16.6 Å². The summed E-state index contributed by atoms with van der Waals surface area (Å²) in [6.45, 7) is 7.64. The molecule has 0 fully saturated rings. The Hall–Kier alpha value is -1.88. The zero-order chi connectivity index (χ0) is 13.7. The van der Waals surface area contributed by atoms with Crippen LogP contribution in [0.3, 0.4) is 0 Å². The maximum atomic E-state index is 10.7. The number of rotatable bonds is 6. The molecule has 98 valence electrons. The van der Waals surface area contributed by atoms with Gasteiger partial charge in [-0.15, -0.1) is 6.58 Å². The van der Waals surface area contributed by atoms with E-state index in [1.807, 2.05) is 6.92 Å². The van der Waals surface area contributed by atoms with Crippen molar-refractivity contribution in [2.45, 2.75) is 26.4 Å². The standard InChI is InChI=1S/C13H17NO4/c1-9(2)6-7-18-13-5-4-11(14(16)17)8-12(13)10(3)15/h4-5,8,10,15H,1,6-7H2,2-3H3/t10-/m1/s1. The van der Waals surface area contributed by atoms with E-state index in [2.05, 4.69) is 6.58 Å². The van der Waals surface area contributed by atoms with E-state index in [1.54, 1.807) is 6.92 Å². The van der Waals surface area contributed by atoms with Crippen LogP contribution in [0.4, 0.5) is 5.69 Å². The molecule has 5 nitrogen and oxygen atoms in total. The minimum absolute atomic E-state index is 0.0573. The maximum absolute atomic E-state index is 10.7. The molecule has 18 heavy (non-hydrogen) atoms. The Bertz CT molecular complexity index is 454. The summed E-state index contributed by atoms with van der Waals surface area (Å²) < 4.78 is 5.50. The van der Waals surface area contributed by atoms with E-state index in [-0.39, 0.29) is 5.69 Å². The van der Waals surface area contributed by atoms with Crippen molar-refractivity contribution in [1.29, 1.82) is 0 Å². The second-order valence-corrected chi connectivity index (χ2v) is 4.21. The molecule has 0 bridgehead atoms. The highest BCUT2D eigenvalue weighted by Crippen LogP contribution is 2.29. The molecule has 0 saturated heterocycles. The second-order valence-electron chi connectivity index (χ2n) is 4.21. The summed E-state index contributed by atoms with van der Waals surface area (Å²) in [5.74, 6) is 0.469. The summed E-state index contributed by atoms with van der Waals surface area (Å²) in [6.07, 6.45) is -0.110. The summed E-state index contributed by atoms with van der Waals surface area (Å²) >= 11 is 0. The van der Waals surface area contributed by atoms with Crippen LogP contribution >= 0.6 is 0 Å². The molecular formula is C13H17NO4. The van der Waals surface area contributed by atoms with Crippen LogP contribution in [0.2, 0.25) is 0 Å². The van der Waals surface area contributed by atoms with E-state index in [1.165, 1.54) is 18.2 Å². The Kier molecular flexibility index (Phi) is 4.85. The molecule has 0 aliphatic rings. The van der Waals surface area contributed by atoms with E-state index >= 15 is 0 Å². The van der Waals surface area contributed by atoms with Crippen LogP contribution in [-0.2, 0) is 0 Å². The highest BCUT2D eigenvalue weighted by molar-refractivity contribution is 5.44. The Labute approximate surface area is 106 Å². The third-order valence-corrected chi connectivity index (χ3v) is 2.44. The molecule has 1 aromatic carbocycles. The fraction of sp³-hybridized carbons (Fsp3) is 0.385. The highest BCUT2D eigenvalue weighted by Gasteiger charge is 2.15. The molecule has 0 heterocycles. The summed E-state index contributed by atoms with van der Waals surface area (Å²) in [4.78, 5) is 10.2. The molecule has 0 spiro atoms. The molecule has 0 unspecified atom stereocenters. The first-order valence-electron chi connectivity index (χ1n) is 5.65. The summed E-state index contributed by atoms with van der Waals surface area (Å²) in [6, 6.07) is 4.21. The van der Waals surface area contributed by atoms with Crippen molar-refractivity contribution in [3.05, 3.63) is 46.0 Å². The van der Waals surface area contributed by atoms with Gasteiger partial charge in [-0.2, -0.15) is 0 Å². The van der Waals surface area contributed by atoms with Crippen LogP contribution in [0.15, 0.2) is 30.4 Å². The number of aliphatic hydroxyl groups excluding tert-OH is 1. The van der Waals surface area contributed by atoms with Crippen molar-refractivity contribution in [1.82, 2.24) is 0 Å². The second kappa shape index (κ2) is 6.16. The number of aliphatic hydroxyl groups is 1. The molecule has 0 aliphatic heterocycles. The van der Waals surface area contributed by atoms with Gasteiger partial charge in [-0.05, 0) is 19.9 Å². The Balaban J connectivity index is 2.90. The van der Waals surface area contributed by atoms with Gasteiger partial charge in [0.25, 0.3) is 5.69 Å². The van der Waals surface area contributed by atoms with Crippen LogP contribution in [0.5, 0.6) is 5.75 Å². The number of non-ortho nitro benzene ring substituents is 1. The first-order valence-corrected chi connectivity index (χ1v) is 5.65. The van der Waals surface area contributed by atoms with Crippen molar-refractivity contribution >= 4 is 5.69 Å². The fourth-order valence-electron chi connectivity index (χ4n) is 1.44. The number of hydrogen-bond acceptors (Lipinski definition) is 4. The summed E-state index contributed by atoms with van der Waals surface area (Å²) in [5.41, 5.74) is 1.36. The fourth-order valence-corrected chi connectivity index (χ4v) is 1.44. The van der Waals surface area contributed by atoms with Gasteiger partial charge in [-0.3, -0.25) is 10.1 Å². The van der Waals surface area contributed by atoms with Gasteiger partial charge < -0.3 is 9.84 Å². The lowest BCUT2D eigenvalue weighted by molar-refractivity contribution is -0.385. The largest absolute Gasteiger partial charge is 0.493 e. The van der Waals surface area contributed by atoms with E-state index < -0.39 is 11.0 Å². The molecule has 1 N–H and O–H groups in total. The highest BCUT2D eigenvalue weighted by atomic mass is 16.6. The van der Waals surface area contributed by atoms with Gasteiger partial charge in [0.05, 0.1) is 17.6 Å². The Morgan fingerprint density at radius 3 is 2.78 bits per heavy atom. The van der Waals surface area contributed by atoms with Crippen molar-refractivity contribution < 1.29 is 14.8 Å². The van der Waals surface area contributed by atoms with Gasteiger partial charge in [0.15, 0.2) is 0 Å². The lowest BCUT2D eigenvalue weighted by atomic mass is 10.1. The number of nitro groups is 1. The van der Waals surface area contributed by atoms with Crippen molar-refractivity contribution in [3.63, 3.8) is 0 Å². The topological polar surface area (TPSA) is 72.6 Å². The number of benzene rings is 1. The van der Waals surface area contributed by atoms with Gasteiger partial charge in [0.2, 0.25) is 0 Å². The summed E-state index contributed by atoms with van der Waals surface area (Å²) in [7, 11) is 0. The first kappa shape index (κ1) is 14.2. The Morgan fingerprint density at radius 1 is 1.61 bits per heavy atom. The van der Waals surface area contributed by atoms with Crippen molar-refractivity contribution in [3.8, 4) is 5.75 Å². The molecule has 0 saturated carbocycles. The van der Waals surface area contributed by atoms with Gasteiger partial charge >= 0.3 is 0 Å². The molecule has 0 amide bonds. The Morgan fingerprint density at radius 2 is 2.28 bits per heavy atom. The third kappa shape index (κ3) is 3.85. The maximum Gasteiger partial charge on any atom is 0.270 e. The molecule has 0 aliphatic carbocycles. The van der Waals surface area contributed by atoms with E-state index in [4.69, 9.17) is 4.74 Å². The van der Waals surface area contributed by atoms with Gasteiger partial charge in [-0.25, -0.2) is 0 Å². The zero-order valence-electron chi connectivity index (χ0n) is 10.5. The van der Waals surface area contributed by atoms with Crippen molar-refractivity contribution in [2.24, 2.45) is 0 Å². The number of nitro benzene ring substituents is 1. The number of ether oxygens (including phenoxy) is 1. The minimum Gasteiger partial charge on any atom is -0.493 e. The van der Waals surface area contributed by atoms with Gasteiger partial charge in [-0.1, -0.05) is 5.57 Å². The van der Waals surface area contributed by atoms with E-state index in [0.29, 0.717) is 24.3 Å². The molecule has 0 radical (unpaired) electrons. The van der Waals surface area contributed by atoms with Crippen LogP contribution in [0.1, 0.15) is 31.9 Å². The predicted octanol–water partition coefficient (Wildman–Crippen LogP) is 2.99. The normalized spacial score (nSPS) is 11.9. The van der Waals surface area contributed by atoms with Gasteiger partial charge in [0.1, 0.15) is 5.75 Å². The van der Waals surface area contributed by atoms with Crippen LogP contribution in [0.25, 0.3) is 0 Å². The number of nitrogens with zero attached hydrogens (tertiary/aromatic N) is 1. The van der Waals surface area contributed by atoms with E-state index in [9.17, 15) is 15.2 Å². The molecule has 5 heteroatoms. The third-order valence-electron chi connectivity index (χ3n) is 2.44. The smallest absolute Gasteiger partial charge is 0.270 e. The lowest BCUT2D eigenvalue weighted by Crippen LogP contribution is -2.03. The van der Waals surface area contributed by atoms with Crippen molar-refractivity contribution in [2.75, 3.05) is 6.61 Å². The van der Waals surface area contributed by atoms with Gasteiger partial charge in [0, 0.05) is 24.1 Å². The summed E-state index contributed by atoms with van der Waals surface area (Å²) in [5, 5.41) is 20.3. The SMILES string of the molecule is C=C(C)CCOc1ccc([N+](=O)[O-])cc1[C@@H](C)O. The zero-order valence-corrected chi connectivity index (χ0v) is 10.5. The molecular weight excluding hydrogens is 234 g/mol.